The highest BCUT2D eigenvalue weighted by Gasteiger charge is 2.10. The molecule has 0 atom stereocenters. The van der Waals surface area contributed by atoms with Gasteiger partial charge in [-0.2, -0.15) is 0 Å². The van der Waals surface area contributed by atoms with Gasteiger partial charge >= 0.3 is 0 Å². The van der Waals surface area contributed by atoms with Crippen molar-refractivity contribution in [2.24, 2.45) is 0 Å². The molecule has 0 amide bonds. The van der Waals surface area contributed by atoms with Crippen LogP contribution in [-0.4, -0.2) is 27.8 Å². The zero-order chi connectivity index (χ0) is 13.0. The van der Waals surface area contributed by atoms with E-state index in [1.54, 1.807) is 6.20 Å². The number of pyridine rings is 1. The number of aromatic nitrogens is 3. The highest BCUT2D eigenvalue weighted by Crippen LogP contribution is 2.19. The van der Waals surface area contributed by atoms with Crippen LogP contribution >= 0.6 is 0 Å². The molecule has 0 aliphatic carbocycles. The van der Waals surface area contributed by atoms with Crippen molar-refractivity contribution >= 4 is 0 Å². The lowest BCUT2D eigenvalue weighted by atomic mass is 10.2. The van der Waals surface area contributed by atoms with Crippen LogP contribution in [0.15, 0.2) is 22.7 Å². The third-order valence-corrected chi connectivity index (χ3v) is 2.60. The fourth-order valence-corrected chi connectivity index (χ4v) is 1.64. The summed E-state index contributed by atoms with van der Waals surface area (Å²) in [6, 6.07) is 4.27. The van der Waals surface area contributed by atoms with Crippen molar-refractivity contribution in [2.75, 3.05) is 6.54 Å². The molecule has 2 aromatic rings. The molecule has 0 aliphatic rings. The van der Waals surface area contributed by atoms with Gasteiger partial charge < -0.3 is 9.73 Å². The Hall–Kier alpha value is -1.75. The SMILES string of the molecule is Cc1ncccc1-c1nnc(CCNC(C)C)o1. The maximum Gasteiger partial charge on any atom is 0.249 e. The predicted molar refractivity (Wildman–Crippen MR) is 69.1 cm³/mol. The maximum absolute atomic E-state index is 5.63. The highest BCUT2D eigenvalue weighted by atomic mass is 16.4. The topological polar surface area (TPSA) is 63.8 Å². The Kier molecular flexibility index (Phi) is 4.04. The first-order valence-electron chi connectivity index (χ1n) is 6.14. The van der Waals surface area contributed by atoms with Gasteiger partial charge in [0.1, 0.15) is 0 Å². The van der Waals surface area contributed by atoms with Gasteiger partial charge in [0.25, 0.3) is 0 Å². The van der Waals surface area contributed by atoms with E-state index in [-0.39, 0.29) is 0 Å². The second kappa shape index (κ2) is 5.73. The van der Waals surface area contributed by atoms with Crippen LogP contribution in [0, 0.1) is 6.92 Å². The lowest BCUT2D eigenvalue weighted by molar-refractivity contribution is 0.484. The lowest BCUT2D eigenvalue weighted by Crippen LogP contribution is -2.25. The Balaban J connectivity index is 2.04. The van der Waals surface area contributed by atoms with Crippen molar-refractivity contribution in [3.63, 3.8) is 0 Å². The smallest absolute Gasteiger partial charge is 0.249 e. The number of rotatable bonds is 5. The van der Waals surface area contributed by atoms with Crippen LogP contribution in [0.3, 0.4) is 0 Å². The molecule has 18 heavy (non-hydrogen) atoms. The van der Waals surface area contributed by atoms with E-state index in [1.807, 2.05) is 19.1 Å². The van der Waals surface area contributed by atoms with Gasteiger partial charge in [-0.1, -0.05) is 13.8 Å². The van der Waals surface area contributed by atoms with E-state index in [0.717, 1.165) is 24.2 Å². The van der Waals surface area contributed by atoms with Gasteiger partial charge in [0.05, 0.1) is 5.56 Å². The van der Waals surface area contributed by atoms with E-state index >= 15 is 0 Å². The summed E-state index contributed by atoms with van der Waals surface area (Å²) < 4.78 is 5.63. The Morgan fingerprint density at radius 3 is 2.89 bits per heavy atom. The van der Waals surface area contributed by atoms with Gasteiger partial charge in [-0.25, -0.2) is 0 Å². The van der Waals surface area contributed by atoms with Crippen molar-refractivity contribution in [1.29, 1.82) is 0 Å². The third kappa shape index (κ3) is 3.13. The quantitative estimate of drug-likeness (QED) is 0.874. The second-order valence-corrected chi connectivity index (χ2v) is 4.50. The van der Waals surface area contributed by atoms with Crippen LogP contribution in [-0.2, 0) is 6.42 Å². The summed E-state index contributed by atoms with van der Waals surface area (Å²) in [5.41, 5.74) is 1.79. The Bertz CT molecular complexity index is 507. The molecular weight excluding hydrogens is 228 g/mol. The minimum absolute atomic E-state index is 0.466. The third-order valence-electron chi connectivity index (χ3n) is 2.60. The molecule has 1 N–H and O–H groups in total. The van der Waals surface area contributed by atoms with Crippen LogP contribution in [0.1, 0.15) is 25.4 Å². The summed E-state index contributed by atoms with van der Waals surface area (Å²) in [4.78, 5) is 4.21. The van der Waals surface area contributed by atoms with Gasteiger partial charge in [0.2, 0.25) is 11.8 Å². The van der Waals surface area contributed by atoms with Crippen molar-refractivity contribution in [3.05, 3.63) is 29.9 Å². The molecule has 0 unspecified atom stereocenters. The van der Waals surface area contributed by atoms with Crippen LogP contribution in [0.25, 0.3) is 11.5 Å². The maximum atomic E-state index is 5.63. The second-order valence-electron chi connectivity index (χ2n) is 4.50. The average Bonchev–Trinajstić information content (AvgIpc) is 2.78. The molecule has 5 nitrogen and oxygen atoms in total. The Labute approximate surface area is 107 Å². The first-order chi connectivity index (χ1) is 8.66. The number of aryl methyl sites for hydroxylation is 1. The molecule has 2 aromatic heterocycles. The van der Waals surface area contributed by atoms with Gasteiger partial charge in [0, 0.05) is 30.9 Å². The molecule has 0 aromatic carbocycles. The normalized spacial score (nSPS) is 11.1. The van der Waals surface area contributed by atoms with E-state index < -0.39 is 0 Å². The first-order valence-corrected chi connectivity index (χ1v) is 6.14. The van der Waals surface area contributed by atoms with Crippen LogP contribution in [0.4, 0.5) is 0 Å². The van der Waals surface area contributed by atoms with E-state index in [0.29, 0.717) is 17.8 Å². The highest BCUT2D eigenvalue weighted by molar-refractivity contribution is 5.54. The lowest BCUT2D eigenvalue weighted by Gasteiger charge is -2.04. The molecule has 0 spiro atoms. The van der Waals surface area contributed by atoms with E-state index in [4.69, 9.17) is 4.42 Å². The first kappa shape index (κ1) is 12.7. The van der Waals surface area contributed by atoms with Gasteiger partial charge in [-0.3, -0.25) is 4.98 Å². The minimum atomic E-state index is 0.466. The van der Waals surface area contributed by atoms with Crippen LogP contribution in [0.5, 0.6) is 0 Å². The zero-order valence-corrected chi connectivity index (χ0v) is 11.0. The average molecular weight is 246 g/mol. The summed E-state index contributed by atoms with van der Waals surface area (Å²) in [5, 5.41) is 11.4. The molecule has 0 bridgehead atoms. The molecule has 0 aliphatic heterocycles. The van der Waals surface area contributed by atoms with E-state index in [9.17, 15) is 0 Å². The van der Waals surface area contributed by atoms with Gasteiger partial charge in [-0.15, -0.1) is 10.2 Å². The van der Waals surface area contributed by atoms with E-state index in [1.165, 1.54) is 0 Å². The van der Waals surface area contributed by atoms with Gasteiger partial charge in [-0.05, 0) is 19.1 Å². The molecule has 0 saturated heterocycles. The molecule has 2 heterocycles. The molecular formula is C13H18N4O. The number of hydrogen-bond acceptors (Lipinski definition) is 5. The number of nitrogens with one attached hydrogen (secondary N) is 1. The molecule has 0 radical (unpaired) electrons. The predicted octanol–water partition coefficient (Wildman–Crippen LogP) is 1.98. The fourth-order valence-electron chi connectivity index (χ4n) is 1.64. The van der Waals surface area contributed by atoms with Crippen molar-refractivity contribution in [2.45, 2.75) is 33.2 Å². The molecule has 5 heteroatoms. The van der Waals surface area contributed by atoms with Crippen molar-refractivity contribution in [3.8, 4) is 11.5 Å². The van der Waals surface area contributed by atoms with Crippen LogP contribution in [0.2, 0.25) is 0 Å². The minimum Gasteiger partial charge on any atom is -0.421 e. The van der Waals surface area contributed by atoms with E-state index in [2.05, 4.69) is 34.3 Å². The molecule has 0 fully saturated rings. The van der Waals surface area contributed by atoms with Crippen LogP contribution < -0.4 is 5.32 Å². The summed E-state index contributed by atoms with van der Waals surface area (Å²) in [7, 11) is 0. The summed E-state index contributed by atoms with van der Waals surface area (Å²) in [5.74, 6) is 1.20. The number of hydrogen-bond donors (Lipinski definition) is 1. The fraction of sp³-hybridized carbons (Fsp3) is 0.462. The Morgan fingerprint density at radius 2 is 2.17 bits per heavy atom. The molecule has 2 rings (SSSR count). The van der Waals surface area contributed by atoms with Crippen molar-refractivity contribution in [1.82, 2.24) is 20.5 Å². The van der Waals surface area contributed by atoms with Crippen molar-refractivity contribution < 1.29 is 4.42 Å². The monoisotopic (exact) mass is 246 g/mol. The summed E-state index contributed by atoms with van der Waals surface area (Å²) in [6.07, 6.45) is 2.49. The standard InChI is InChI=1S/C13H18N4O/c1-9(2)14-8-6-12-16-17-13(18-12)11-5-4-7-15-10(11)3/h4-5,7,9,14H,6,8H2,1-3H3. The molecule has 0 saturated carbocycles. The Morgan fingerprint density at radius 1 is 1.33 bits per heavy atom. The largest absolute Gasteiger partial charge is 0.421 e. The zero-order valence-electron chi connectivity index (χ0n) is 11.0. The number of nitrogens with zero attached hydrogens (tertiary/aromatic N) is 3. The summed E-state index contributed by atoms with van der Waals surface area (Å²) >= 11 is 0. The summed E-state index contributed by atoms with van der Waals surface area (Å²) in [6.45, 7) is 6.99. The van der Waals surface area contributed by atoms with Gasteiger partial charge in [0.15, 0.2) is 0 Å². The molecule has 96 valence electrons.